The Hall–Kier alpha value is -3.20. The Morgan fingerprint density at radius 2 is 1.85 bits per heavy atom. The monoisotopic (exact) mass is 388 g/mol. The van der Waals surface area contributed by atoms with E-state index in [1.54, 1.807) is 31.2 Å². The van der Waals surface area contributed by atoms with Crippen molar-refractivity contribution in [2.45, 2.75) is 13.8 Å². The van der Waals surface area contributed by atoms with Crippen LogP contribution in [-0.4, -0.2) is 24.0 Å². The van der Waals surface area contributed by atoms with Gasteiger partial charge in [0.05, 0.1) is 11.8 Å². The lowest BCUT2D eigenvalue weighted by molar-refractivity contribution is -0.114. The number of nitrogens with zero attached hydrogens (tertiary/aromatic N) is 1. The first-order valence-corrected chi connectivity index (χ1v) is 8.77. The number of thiazole rings is 1. The number of aryl methyl sites for hydroxylation is 1. The lowest BCUT2D eigenvalue weighted by Gasteiger charge is -2.10. The van der Waals surface area contributed by atoms with Crippen LogP contribution in [0.15, 0.2) is 30.3 Å². The number of aromatic nitrogens is 1. The van der Waals surface area contributed by atoms with Crippen LogP contribution in [0.3, 0.4) is 0 Å². The van der Waals surface area contributed by atoms with Gasteiger partial charge in [0.15, 0.2) is 5.13 Å². The van der Waals surface area contributed by atoms with E-state index in [0.717, 1.165) is 4.70 Å². The topological polar surface area (TPSA) is 92.4 Å². The summed E-state index contributed by atoms with van der Waals surface area (Å²) in [7, 11) is 1.49. The highest BCUT2D eigenvalue weighted by Crippen LogP contribution is 2.35. The molecule has 27 heavy (non-hydrogen) atoms. The molecule has 3 aromatic rings. The number of hydrogen-bond donors (Lipinski definition) is 3. The Labute approximate surface area is 158 Å². The molecule has 3 N–H and O–H groups in total. The summed E-state index contributed by atoms with van der Waals surface area (Å²) < 4.78 is 19.7. The summed E-state index contributed by atoms with van der Waals surface area (Å²) in [4.78, 5) is 27.7. The van der Waals surface area contributed by atoms with Gasteiger partial charge in [0.25, 0.3) is 0 Å². The maximum Gasteiger partial charge on any atom is 0.323 e. The average molecular weight is 388 g/mol. The van der Waals surface area contributed by atoms with Crippen molar-refractivity contribution in [3.63, 3.8) is 0 Å². The molecule has 0 fully saturated rings. The number of fused-ring (bicyclic) bond motifs is 1. The second-order valence-corrected chi connectivity index (χ2v) is 6.80. The lowest BCUT2D eigenvalue weighted by atomic mass is 10.2. The van der Waals surface area contributed by atoms with Crippen molar-refractivity contribution >= 4 is 50.0 Å². The molecule has 0 saturated carbocycles. The highest BCUT2D eigenvalue weighted by Gasteiger charge is 2.13. The van der Waals surface area contributed by atoms with Gasteiger partial charge in [0, 0.05) is 24.4 Å². The number of carbonyl (C=O) groups excluding carboxylic acids is 2. The summed E-state index contributed by atoms with van der Waals surface area (Å²) in [6.45, 7) is 3.04. The van der Waals surface area contributed by atoms with Gasteiger partial charge in [0.1, 0.15) is 17.1 Å². The fourth-order valence-corrected chi connectivity index (χ4v) is 3.36. The fraction of sp³-hybridized carbons (Fsp3) is 0.167. The molecule has 3 amide bonds. The average Bonchev–Trinajstić information content (AvgIpc) is 2.98. The largest absolute Gasteiger partial charge is 0.494 e. The molecule has 0 aliphatic heterocycles. The molecule has 1 aromatic heterocycles. The van der Waals surface area contributed by atoms with Gasteiger partial charge in [-0.1, -0.05) is 17.4 Å². The van der Waals surface area contributed by atoms with Crippen molar-refractivity contribution in [3.05, 3.63) is 41.7 Å². The summed E-state index contributed by atoms with van der Waals surface area (Å²) in [5.41, 5.74) is 1.89. The molecule has 9 heteroatoms. The lowest BCUT2D eigenvalue weighted by Crippen LogP contribution is -2.19. The molecule has 0 spiro atoms. The van der Waals surface area contributed by atoms with Crippen molar-refractivity contribution < 1.29 is 18.7 Å². The molecule has 0 unspecified atom stereocenters. The van der Waals surface area contributed by atoms with E-state index in [2.05, 4.69) is 20.9 Å². The summed E-state index contributed by atoms with van der Waals surface area (Å²) in [6, 6.07) is 7.27. The second-order valence-electron chi connectivity index (χ2n) is 5.77. The maximum absolute atomic E-state index is 13.6. The number of anilines is 3. The normalized spacial score (nSPS) is 10.5. The van der Waals surface area contributed by atoms with E-state index in [9.17, 15) is 14.0 Å². The van der Waals surface area contributed by atoms with E-state index in [0.29, 0.717) is 33.3 Å². The molecule has 3 rings (SSSR count). The Kier molecular flexibility index (Phi) is 5.22. The third-order valence-corrected chi connectivity index (χ3v) is 4.57. The standard InChI is InChI=1S/C18H17FN4O3S/c1-9-4-5-11(6-13(9)19)21-17(25)22-12-7-14(26-3)16-15(8-12)27-18(23-16)20-10(2)24/h4-8H,1-3H3,(H,20,23,24)(H2,21,22,25). The van der Waals surface area contributed by atoms with Crippen LogP contribution in [0.25, 0.3) is 10.2 Å². The molecule has 0 radical (unpaired) electrons. The van der Waals surface area contributed by atoms with Gasteiger partial charge < -0.3 is 20.7 Å². The summed E-state index contributed by atoms with van der Waals surface area (Å²) in [5, 5.41) is 8.32. The number of methoxy groups -OCH3 is 1. The molecule has 2 aromatic carbocycles. The first-order chi connectivity index (χ1) is 12.9. The van der Waals surface area contributed by atoms with Crippen LogP contribution in [-0.2, 0) is 4.79 Å². The Morgan fingerprint density at radius 3 is 2.52 bits per heavy atom. The van der Waals surface area contributed by atoms with E-state index in [4.69, 9.17) is 4.74 Å². The van der Waals surface area contributed by atoms with E-state index in [1.807, 2.05) is 0 Å². The predicted octanol–water partition coefficient (Wildman–Crippen LogP) is 4.35. The van der Waals surface area contributed by atoms with Gasteiger partial charge in [-0.15, -0.1) is 0 Å². The van der Waals surface area contributed by atoms with Gasteiger partial charge >= 0.3 is 6.03 Å². The zero-order valence-electron chi connectivity index (χ0n) is 14.8. The molecule has 0 saturated heterocycles. The minimum Gasteiger partial charge on any atom is -0.494 e. The first kappa shape index (κ1) is 18.6. The number of urea groups is 1. The van der Waals surface area contributed by atoms with E-state index < -0.39 is 11.8 Å². The summed E-state index contributed by atoms with van der Waals surface area (Å²) >= 11 is 1.26. The van der Waals surface area contributed by atoms with Crippen LogP contribution in [0.2, 0.25) is 0 Å². The molecular weight excluding hydrogens is 371 g/mol. The molecule has 1 heterocycles. The Bertz CT molecular complexity index is 1030. The molecule has 0 aliphatic carbocycles. The predicted molar refractivity (Wildman–Crippen MR) is 104 cm³/mol. The number of hydrogen-bond acceptors (Lipinski definition) is 5. The quantitative estimate of drug-likeness (QED) is 0.619. The number of benzene rings is 2. The van der Waals surface area contributed by atoms with Crippen LogP contribution < -0.4 is 20.7 Å². The number of rotatable bonds is 4. The van der Waals surface area contributed by atoms with E-state index in [-0.39, 0.29) is 5.91 Å². The number of carbonyl (C=O) groups is 2. The summed E-state index contributed by atoms with van der Waals surface area (Å²) in [6.07, 6.45) is 0. The highest BCUT2D eigenvalue weighted by molar-refractivity contribution is 7.22. The third-order valence-electron chi connectivity index (χ3n) is 3.65. The van der Waals surface area contributed by atoms with Gasteiger partial charge in [-0.05, 0) is 30.7 Å². The van der Waals surface area contributed by atoms with Gasteiger partial charge in [-0.25, -0.2) is 14.2 Å². The highest BCUT2D eigenvalue weighted by atomic mass is 32.1. The second kappa shape index (κ2) is 7.58. The zero-order chi connectivity index (χ0) is 19.6. The van der Waals surface area contributed by atoms with Crippen LogP contribution in [0.1, 0.15) is 12.5 Å². The molecule has 7 nitrogen and oxygen atoms in total. The van der Waals surface area contributed by atoms with Crippen molar-refractivity contribution in [2.24, 2.45) is 0 Å². The molecule has 0 atom stereocenters. The molecular formula is C18H17FN4O3S. The maximum atomic E-state index is 13.6. The number of nitrogens with one attached hydrogen (secondary N) is 3. The Morgan fingerprint density at radius 1 is 1.11 bits per heavy atom. The van der Waals surface area contributed by atoms with E-state index in [1.165, 1.54) is 31.4 Å². The smallest absolute Gasteiger partial charge is 0.323 e. The summed E-state index contributed by atoms with van der Waals surface area (Å²) in [5.74, 6) is -0.167. The third kappa shape index (κ3) is 4.32. The van der Waals surface area contributed by atoms with Crippen molar-refractivity contribution in [1.29, 1.82) is 0 Å². The van der Waals surface area contributed by atoms with Gasteiger partial charge in [0.2, 0.25) is 5.91 Å². The Balaban J connectivity index is 1.81. The van der Waals surface area contributed by atoms with Crippen LogP contribution in [0.4, 0.5) is 25.7 Å². The molecule has 140 valence electrons. The van der Waals surface area contributed by atoms with Gasteiger partial charge in [-0.3, -0.25) is 4.79 Å². The SMILES string of the molecule is COc1cc(NC(=O)Nc2ccc(C)c(F)c2)cc2sc(NC(C)=O)nc12. The van der Waals surface area contributed by atoms with Crippen molar-refractivity contribution in [1.82, 2.24) is 4.98 Å². The zero-order valence-corrected chi connectivity index (χ0v) is 15.7. The number of halogens is 1. The molecule has 0 bridgehead atoms. The minimum absolute atomic E-state index is 0.226. The van der Waals surface area contributed by atoms with Crippen molar-refractivity contribution in [3.8, 4) is 5.75 Å². The van der Waals surface area contributed by atoms with Crippen LogP contribution in [0.5, 0.6) is 5.75 Å². The van der Waals surface area contributed by atoms with Crippen LogP contribution in [0, 0.1) is 12.7 Å². The minimum atomic E-state index is -0.522. The molecule has 0 aliphatic rings. The van der Waals surface area contributed by atoms with Crippen LogP contribution >= 0.6 is 11.3 Å². The van der Waals surface area contributed by atoms with E-state index >= 15 is 0 Å². The number of ether oxygens (including phenoxy) is 1. The first-order valence-electron chi connectivity index (χ1n) is 7.96. The van der Waals surface area contributed by atoms with Crippen molar-refractivity contribution in [2.75, 3.05) is 23.1 Å². The number of amides is 3. The van der Waals surface area contributed by atoms with Gasteiger partial charge in [-0.2, -0.15) is 0 Å². The fourth-order valence-electron chi connectivity index (χ4n) is 2.39.